The fourth-order valence-corrected chi connectivity index (χ4v) is 2.80. The second kappa shape index (κ2) is 6.48. The molecule has 1 aromatic heterocycles. The van der Waals surface area contributed by atoms with Crippen molar-refractivity contribution in [3.63, 3.8) is 0 Å². The van der Waals surface area contributed by atoms with Crippen LogP contribution in [0.15, 0.2) is 30.5 Å². The number of pyridine rings is 1. The van der Waals surface area contributed by atoms with Gasteiger partial charge in [-0.15, -0.1) is 0 Å². The first kappa shape index (κ1) is 16.8. The fourth-order valence-electron chi connectivity index (χ4n) is 2.59. The normalized spacial score (nSPS) is 15.2. The Bertz CT molecular complexity index is 752. The summed E-state index contributed by atoms with van der Waals surface area (Å²) in [6, 6.07) is 7.42. The lowest BCUT2D eigenvalue weighted by Gasteiger charge is -2.39. The van der Waals surface area contributed by atoms with E-state index in [1.165, 1.54) is 0 Å². The van der Waals surface area contributed by atoms with E-state index in [1.54, 1.807) is 11.1 Å². The van der Waals surface area contributed by atoms with Crippen molar-refractivity contribution in [3.8, 4) is 5.75 Å². The van der Waals surface area contributed by atoms with Gasteiger partial charge in [-0.2, -0.15) is 0 Å². The number of aromatic nitrogens is 1. The van der Waals surface area contributed by atoms with Gasteiger partial charge in [0, 0.05) is 30.6 Å². The maximum absolute atomic E-state index is 11.9. The molecule has 2 heterocycles. The van der Waals surface area contributed by atoms with Crippen LogP contribution in [0.2, 0.25) is 5.02 Å². The lowest BCUT2D eigenvalue weighted by molar-refractivity contribution is -0.00773. The molecule has 1 amide bonds. The fraction of sp³-hybridized carbons (Fsp3) is 0.444. The summed E-state index contributed by atoms with van der Waals surface area (Å²) in [7, 11) is 0. The van der Waals surface area contributed by atoms with Crippen molar-refractivity contribution < 1.29 is 14.3 Å². The molecule has 6 heteroatoms. The summed E-state index contributed by atoms with van der Waals surface area (Å²) >= 11 is 6.18. The van der Waals surface area contributed by atoms with Gasteiger partial charge in [-0.1, -0.05) is 11.6 Å². The van der Waals surface area contributed by atoms with Crippen molar-refractivity contribution in [2.45, 2.75) is 26.4 Å². The van der Waals surface area contributed by atoms with E-state index >= 15 is 0 Å². The average molecular weight is 349 g/mol. The molecular formula is C18H21ClN2O3. The highest BCUT2D eigenvalue weighted by Crippen LogP contribution is 2.30. The number of fused-ring (bicyclic) bond motifs is 1. The number of hydrogen-bond acceptors (Lipinski definition) is 4. The van der Waals surface area contributed by atoms with Gasteiger partial charge in [0.25, 0.3) is 0 Å². The lowest BCUT2D eigenvalue weighted by atomic mass is 10.0. The highest BCUT2D eigenvalue weighted by atomic mass is 35.5. The molecule has 1 saturated heterocycles. The molecule has 0 aliphatic carbocycles. The number of carbonyl (C=O) groups excluding carboxylic acids is 1. The van der Waals surface area contributed by atoms with E-state index in [-0.39, 0.29) is 6.09 Å². The summed E-state index contributed by atoms with van der Waals surface area (Å²) < 4.78 is 11.3. The second-order valence-electron chi connectivity index (χ2n) is 7.01. The van der Waals surface area contributed by atoms with E-state index < -0.39 is 5.60 Å². The predicted octanol–water partition coefficient (Wildman–Crippen LogP) is 4.13. The van der Waals surface area contributed by atoms with E-state index in [2.05, 4.69) is 4.98 Å². The molecule has 0 radical (unpaired) electrons. The summed E-state index contributed by atoms with van der Waals surface area (Å²) in [5, 5.41) is 1.53. The minimum Gasteiger partial charge on any atom is -0.491 e. The molecule has 1 aliphatic heterocycles. The quantitative estimate of drug-likeness (QED) is 0.836. The molecule has 24 heavy (non-hydrogen) atoms. The molecule has 1 aromatic carbocycles. The van der Waals surface area contributed by atoms with Crippen molar-refractivity contribution >= 4 is 28.6 Å². The lowest BCUT2D eigenvalue weighted by Crippen LogP contribution is -2.53. The number of nitrogens with zero attached hydrogens (tertiary/aromatic N) is 2. The molecule has 0 spiro atoms. The number of carbonyl (C=O) groups is 1. The number of ether oxygens (including phenoxy) is 2. The van der Waals surface area contributed by atoms with Crippen molar-refractivity contribution in [1.82, 2.24) is 9.88 Å². The topological polar surface area (TPSA) is 51.7 Å². The van der Waals surface area contributed by atoms with Crippen LogP contribution in [0.3, 0.4) is 0 Å². The number of benzene rings is 1. The van der Waals surface area contributed by atoms with Gasteiger partial charge in [-0.3, -0.25) is 4.98 Å². The average Bonchev–Trinajstić information content (AvgIpc) is 2.46. The number of amides is 1. The standard InChI is InChI=1S/C18H21ClN2O3/c1-18(2,3)24-17(22)21-9-12(10-21)11-23-15-7-6-14(19)13-5-4-8-20-16(13)15/h4-8,12H,9-11H2,1-3H3. The Kier molecular flexibility index (Phi) is 4.54. The smallest absolute Gasteiger partial charge is 0.410 e. The third-order valence-electron chi connectivity index (χ3n) is 3.76. The first-order valence-corrected chi connectivity index (χ1v) is 8.35. The zero-order chi connectivity index (χ0) is 17.3. The highest BCUT2D eigenvalue weighted by Gasteiger charge is 2.34. The Labute approximate surface area is 146 Å². The summed E-state index contributed by atoms with van der Waals surface area (Å²) in [5.41, 5.74) is 0.292. The molecule has 3 rings (SSSR count). The Morgan fingerprint density at radius 2 is 2.08 bits per heavy atom. The largest absolute Gasteiger partial charge is 0.491 e. The SMILES string of the molecule is CC(C)(C)OC(=O)N1CC(COc2ccc(Cl)c3cccnc23)C1. The molecule has 0 N–H and O–H groups in total. The Hall–Kier alpha value is -2.01. The molecular weight excluding hydrogens is 328 g/mol. The van der Waals surface area contributed by atoms with Gasteiger partial charge < -0.3 is 14.4 Å². The van der Waals surface area contributed by atoms with Crippen LogP contribution in [0, 0.1) is 5.92 Å². The monoisotopic (exact) mass is 348 g/mol. The maximum atomic E-state index is 11.9. The molecule has 0 saturated carbocycles. The van der Waals surface area contributed by atoms with Crippen LogP contribution >= 0.6 is 11.6 Å². The van der Waals surface area contributed by atoms with Crippen LogP contribution in [0.5, 0.6) is 5.75 Å². The van der Waals surface area contributed by atoms with Gasteiger partial charge in [0.2, 0.25) is 0 Å². The van der Waals surface area contributed by atoms with Gasteiger partial charge in [0.15, 0.2) is 0 Å². The Balaban J connectivity index is 1.56. The summed E-state index contributed by atoms with van der Waals surface area (Å²) in [6.07, 6.45) is 1.46. The van der Waals surface area contributed by atoms with Crippen LogP contribution in [0.25, 0.3) is 10.9 Å². The second-order valence-corrected chi connectivity index (χ2v) is 7.41. The molecule has 0 atom stereocenters. The van der Waals surface area contributed by atoms with Crippen LogP contribution in [-0.2, 0) is 4.74 Å². The van der Waals surface area contributed by atoms with Crippen molar-refractivity contribution in [1.29, 1.82) is 0 Å². The van der Waals surface area contributed by atoms with Gasteiger partial charge in [0.05, 0.1) is 11.6 Å². The predicted molar refractivity (Wildman–Crippen MR) is 93.5 cm³/mol. The Morgan fingerprint density at radius 1 is 1.33 bits per heavy atom. The molecule has 2 aromatic rings. The number of likely N-dealkylation sites (tertiary alicyclic amines) is 1. The Morgan fingerprint density at radius 3 is 2.79 bits per heavy atom. The van der Waals surface area contributed by atoms with Crippen LogP contribution in [-0.4, -0.2) is 41.3 Å². The third kappa shape index (κ3) is 3.73. The number of rotatable bonds is 3. The summed E-state index contributed by atoms with van der Waals surface area (Å²) in [5.74, 6) is 1.01. The van der Waals surface area contributed by atoms with Gasteiger partial charge in [0.1, 0.15) is 16.9 Å². The first-order valence-electron chi connectivity index (χ1n) is 7.97. The van der Waals surface area contributed by atoms with Crippen molar-refractivity contribution in [2.75, 3.05) is 19.7 Å². The molecule has 0 bridgehead atoms. The summed E-state index contributed by atoms with van der Waals surface area (Å²) in [6.45, 7) is 7.42. The van der Waals surface area contributed by atoms with Gasteiger partial charge >= 0.3 is 6.09 Å². The molecule has 128 valence electrons. The van der Waals surface area contributed by atoms with Crippen molar-refractivity contribution in [2.24, 2.45) is 5.92 Å². The minimum atomic E-state index is -0.466. The van der Waals surface area contributed by atoms with Crippen LogP contribution < -0.4 is 4.74 Å². The van der Waals surface area contributed by atoms with Crippen LogP contribution in [0.1, 0.15) is 20.8 Å². The molecule has 1 fully saturated rings. The highest BCUT2D eigenvalue weighted by molar-refractivity contribution is 6.35. The van der Waals surface area contributed by atoms with E-state index in [9.17, 15) is 4.79 Å². The molecule has 5 nitrogen and oxygen atoms in total. The van der Waals surface area contributed by atoms with Gasteiger partial charge in [-0.25, -0.2) is 4.79 Å². The number of hydrogen-bond donors (Lipinski definition) is 0. The zero-order valence-corrected chi connectivity index (χ0v) is 14.8. The third-order valence-corrected chi connectivity index (χ3v) is 4.09. The maximum Gasteiger partial charge on any atom is 0.410 e. The molecule has 0 unspecified atom stereocenters. The zero-order valence-electron chi connectivity index (χ0n) is 14.1. The van der Waals surface area contributed by atoms with E-state index in [0.29, 0.717) is 36.4 Å². The van der Waals surface area contributed by atoms with Crippen LogP contribution in [0.4, 0.5) is 4.79 Å². The van der Waals surface area contributed by atoms with E-state index in [4.69, 9.17) is 21.1 Å². The molecule has 1 aliphatic rings. The van der Waals surface area contributed by atoms with E-state index in [0.717, 1.165) is 10.9 Å². The summed E-state index contributed by atoms with van der Waals surface area (Å²) in [4.78, 5) is 18.0. The number of halogens is 1. The van der Waals surface area contributed by atoms with E-state index in [1.807, 2.05) is 45.0 Å². The van der Waals surface area contributed by atoms with Gasteiger partial charge in [-0.05, 0) is 45.0 Å². The van der Waals surface area contributed by atoms with Crippen molar-refractivity contribution in [3.05, 3.63) is 35.5 Å². The first-order chi connectivity index (χ1) is 11.3. The minimum absolute atomic E-state index is 0.266.